The van der Waals surface area contributed by atoms with E-state index in [1.54, 1.807) is 0 Å². The summed E-state index contributed by atoms with van der Waals surface area (Å²) in [7, 11) is 0. The van der Waals surface area contributed by atoms with E-state index in [0.29, 0.717) is 12.8 Å². The topological polar surface area (TPSA) is 66.4 Å². The lowest BCUT2D eigenvalue weighted by Gasteiger charge is -2.16. The fourth-order valence-electron chi connectivity index (χ4n) is 1.65. The third-order valence-corrected chi connectivity index (χ3v) is 2.42. The van der Waals surface area contributed by atoms with Gasteiger partial charge in [0.1, 0.15) is 6.04 Å². The Morgan fingerprint density at radius 3 is 2.93 bits per heavy atom. The number of allylic oxidation sites excluding steroid dienone is 1. The van der Waals surface area contributed by atoms with Crippen LogP contribution >= 0.6 is 0 Å². The first kappa shape index (κ1) is 10.8. The molecule has 0 saturated heterocycles. The summed E-state index contributed by atoms with van der Waals surface area (Å²) in [6, 6.07) is -0.767. The highest BCUT2D eigenvalue weighted by molar-refractivity contribution is 5.76. The molecule has 0 aromatic carbocycles. The molecule has 1 aliphatic rings. The lowest BCUT2D eigenvalue weighted by atomic mass is 9.94. The molecule has 78 valence electrons. The highest BCUT2D eigenvalue weighted by atomic mass is 16.4. The summed E-state index contributed by atoms with van der Waals surface area (Å²) in [5.41, 5.74) is 1.15. The third-order valence-electron chi connectivity index (χ3n) is 2.42. The first-order valence-corrected chi connectivity index (χ1v) is 4.84. The van der Waals surface area contributed by atoms with Gasteiger partial charge in [-0.05, 0) is 32.1 Å². The number of carbonyl (C=O) groups is 2. The summed E-state index contributed by atoms with van der Waals surface area (Å²) in [5.74, 6) is -0.969. The highest BCUT2D eigenvalue weighted by Gasteiger charge is 2.18. The Balaban J connectivity index is 2.49. The van der Waals surface area contributed by atoms with Gasteiger partial charge >= 0.3 is 5.97 Å². The molecule has 1 rings (SSSR count). The molecule has 0 radical (unpaired) electrons. The van der Waals surface area contributed by atoms with Gasteiger partial charge in [0.05, 0.1) is 0 Å². The average Bonchev–Trinajstić information content (AvgIpc) is 2.18. The minimum atomic E-state index is -0.969. The minimum absolute atomic E-state index is 0.439. The van der Waals surface area contributed by atoms with E-state index >= 15 is 0 Å². The van der Waals surface area contributed by atoms with E-state index in [1.807, 2.05) is 0 Å². The molecule has 2 N–H and O–H groups in total. The molecule has 14 heavy (non-hydrogen) atoms. The minimum Gasteiger partial charge on any atom is -0.480 e. The fraction of sp³-hybridized carbons (Fsp3) is 0.600. The molecule has 0 fully saturated rings. The Kier molecular flexibility index (Phi) is 4.16. The number of rotatable bonds is 5. The van der Waals surface area contributed by atoms with Crippen LogP contribution in [0.2, 0.25) is 0 Å². The van der Waals surface area contributed by atoms with Gasteiger partial charge in [0.25, 0.3) is 0 Å². The molecule has 0 spiro atoms. The second-order valence-electron chi connectivity index (χ2n) is 3.49. The van der Waals surface area contributed by atoms with Crippen molar-refractivity contribution in [3.8, 4) is 0 Å². The van der Waals surface area contributed by atoms with Crippen molar-refractivity contribution in [3.63, 3.8) is 0 Å². The molecule has 1 unspecified atom stereocenters. The van der Waals surface area contributed by atoms with Crippen molar-refractivity contribution in [1.29, 1.82) is 0 Å². The first-order chi connectivity index (χ1) is 6.74. The maximum absolute atomic E-state index is 10.7. The molecule has 0 aromatic rings. The van der Waals surface area contributed by atoms with Gasteiger partial charge in [0.2, 0.25) is 6.41 Å². The number of amides is 1. The first-order valence-electron chi connectivity index (χ1n) is 4.84. The molecule has 4 heteroatoms. The molecular formula is C10H15NO3. The number of hydrogen-bond acceptors (Lipinski definition) is 2. The number of carboxylic acids is 1. The number of hydrogen-bond donors (Lipinski definition) is 2. The highest BCUT2D eigenvalue weighted by Crippen LogP contribution is 2.21. The van der Waals surface area contributed by atoms with Crippen LogP contribution in [0.1, 0.15) is 32.1 Å². The Morgan fingerprint density at radius 2 is 2.43 bits per heavy atom. The van der Waals surface area contributed by atoms with E-state index in [9.17, 15) is 9.59 Å². The van der Waals surface area contributed by atoms with Gasteiger partial charge in [-0.25, -0.2) is 4.79 Å². The second kappa shape index (κ2) is 5.42. The summed E-state index contributed by atoms with van der Waals surface area (Å²) >= 11 is 0. The molecule has 0 aromatic heterocycles. The van der Waals surface area contributed by atoms with E-state index in [2.05, 4.69) is 11.4 Å². The molecule has 0 saturated carbocycles. The van der Waals surface area contributed by atoms with Crippen molar-refractivity contribution in [2.75, 3.05) is 0 Å². The van der Waals surface area contributed by atoms with Crippen molar-refractivity contribution in [3.05, 3.63) is 11.6 Å². The molecule has 1 aliphatic carbocycles. The van der Waals surface area contributed by atoms with E-state index in [-0.39, 0.29) is 0 Å². The van der Waals surface area contributed by atoms with Crippen LogP contribution in [-0.2, 0) is 9.59 Å². The molecule has 0 bridgehead atoms. The lowest BCUT2D eigenvalue weighted by Crippen LogP contribution is -2.36. The maximum atomic E-state index is 10.7. The van der Waals surface area contributed by atoms with Gasteiger partial charge in [0.15, 0.2) is 0 Å². The van der Waals surface area contributed by atoms with E-state index in [0.717, 1.165) is 24.8 Å². The monoisotopic (exact) mass is 197 g/mol. The predicted molar refractivity (Wildman–Crippen MR) is 51.8 cm³/mol. The van der Waals surface area contributed by atoms with Crippen LogP contribution in [-0.4, -0.2) is 23.5 Å². The largest absolute Gasteiger partial charge is 0.480 e. The smallest absolute Gasteiger partial charge is 0.326 e. The van der Waals surface area contributed by atoms with Gasteiger partial charge in [-0.15, -0.1) is 0 Å². The Bertz CT molecular complexity index is 248. The van der Waals surface area contributed by atoms with Gasteiger partial charge < -0.3 is 10.4 Å². The number of carbonyl (C=O) groups excluding carboxylic acids is 1. The normalized spacial score (nSPS) is 18.1. The standard InChI is InChI=1S/C10H15NO3/c12-7-11-9(10(13)14)6-8-4-2-1-3-5-8/h4,7,9H,1-3,5-6H2,(H,11,12)(H,13,14). The fourth-order valence-corrected chi connectivity index (χ4v) is 1.65. The van der Waals surface area contributed by atoms with Crippen LogP contribution in [0.5, 0.6) is 0 Å². The molecule has 1 atom stereocenters. The van der Waals surface area contributed by atoms with Crippen LogP contribution in [0, 0.1) is 0 Å². The van der Waals surface area contributed by atoms with Crippen LogP contribution in [0.25, 0.3) is 0 Å². The Labute approximate surface area is 83.0 Å². The summed E-state index contributed by atoms with van der Waals surface area (Å²) in [4.78, 5) is 20.9. The van der Waals surface area contributed by atoms with Crippen molar-refractivity contribution < 1.29 is 14.7 Å². The van der Waals surface area contributed by atoms with Crippen LogP contribution < -0.4 is 5.32 Å². The lowest BCUT2D eigenvalue weighted by molar-refractivity contribution is -0.140. The molecular weight excluding hydrogens is 182 g/mol. The Hall–Kier alpha value is -1.32. The summed E-state index contributed by atoms with van der Waals surface area (Å²) in [6.45, 7) is 0. The Morgan fingerprint density at radius 1 is 1.64 bits per heavy atom. The maximum Gasteiger partial charge on any atom is 0.326 e. The van der Waals surface area contributed by atoms with Crippen LogP contribution in [0.3, 0.4) is 0 Å². The van der Waals surface area contributed by atoms with Crippen molar-refractivity contribution in [2.45, 2.75) is 38.1 Å². The quantitative estimate of drug-likeness (QED) is 0.512. The van der Waals surface area contributed by atoms with Crippen molar-refractivity contribution in [1.82, 2.24) is 5.32 Å². The SMILES string of the molecule is O=CNC(CC1=CCCCC1)C(=O)O. The zero-order chi connectivity index (χ0) is 10.4. The number of aliphatic carboxylic acids is 1. The third kappa shape index (κ3) is 3.20. The van der Waals surface area contributed by atoms with E-state index in [4.69, 9.17) is 5.11 Å². The summed E-state index contributed by atoms with van der Waals surface area (Å²) < 4.78 is 0. The van der Waals surface area contributed by atoms with Gasteiger partial charge in [-0.2, -0.15) is 0 Å². The molecule has 0 aliphatic heterocycles. The molecule has 0 heterocycles. The van der Waals surface area contributed by atoms with Gasteiger partial charge in [-0.3, -0.25) is 4.79 Å². The van der Waals surface area contributed by atoms with Crippen LogP contribution in [0.15, 0.2) is 11.6 Å². The molecule has 4 nitrogen and oxygen atoms in total. The van der Waals surface area contributed by atoms with Crippen molar-refractivity contribution in [2.24, 2.45) is 0 Å². The van der Waals surface area contributed by atoms with Gasteiger partial charge in [0, 0.05) is 0 Å². The average molecular weight is 197 g/mol. The number of nitrogens with one attached hydrogen (secondary N) is 1. The van der Waals surface area contributed by atoms with Crippen LogP contribution in [0.4, 0.5) is 0 Å². The summed E-state index contributed by atoms with van der Waals surface area (Å²) in [6.07, 6.45) is 7.27. The predicted octanol–water partition coefficient (Wildman–Crippen LogP) is 1.08. The van der Waals surface area contributed by atoms with E-state index in [1.165, 1.54) is 6.42 Å². The summed E-state index contributed by atoms with van der Waals surface area (Å²) in [5, 5.41) is 11.1. The zero-order valence-electron chi connectivity index (χ0n) is 8.03. The molecule has 1 amide bonds. The van der Waals surface area contributed by atoms with E-state index < -0.39 is 12.0 Å². The number of carboxylic acid groups (broad SMARTS) is 1. The second-order valence-corrected chi connectivity index (χ2v) is 3.49. The zero-order valence-corrected chi connectivity index (χ0v) is 8.03. The van der Waals surface area contributed by atoms with Crippen molar-refractivity contribution >= 4 is 12.4 Å². The van der Waals surface area contributed by atoms with Gasteiger partial charge in [-0.1, -0.05) is 11.6 Å².